The number of aromatic nitrogens is 3. The van der Waals surface area contributed by atoms with Gasteiger partial charge in [0.05, 0.1) is 18.8 Å². The number of alkyl halides is 1. The first-order chi connectivity index (χ1) is 20.7. The number of thioether (sulfide) groups is 1. The number of benzene rings is 2. The van der Waals surface area contributed by atoms with Crippen LogP contribution < -0.4 is 15.0 Å². The Hall–Kier alpha value is -4.03. The fraction of sp³-hybridized carbons (Fsp3) is 0.355. The van der Waals surface area contributed by atoms with E-state index in [9.17, 15) is 18.4 Å². The zero-order valence-corrected chi connectivity index (χ0v) is 24.7. The van der Waals surface area contributed by atoms with Crippen LogP contribution in [0.3, 0.4) is 0 Å². The highest BCUT2D eigenvalue weighted by molar-refractivity contribution is 7.98. The maximum atomic E-state index is 14.7. The predicted molar refractivity (Wildman–Crippen MR) is 160 cm³/mol. The lowest BCUT2D eigenvalue weighted by molar-refractivity contribution is -0.131. The fourth-order valence-electron chi connectivity index (χ4n) is 5.91. The normalized spacial score (nSPS) is 20.6. The number of esters is 1. The number of rotatable bonds is 8. The Kier molecular flexibility index (Phi) is 8.31. The van der Waals surface area contributed by atoms with Gasteiger partial charge in [0.25, 0.3) is 5.91 Å². The summed E-state index contributed by atoms with van der Waals surface area (Å²) in [6.07, 6.45) is 3.28. The number of fused-ring (bicyclic) bond motifs is 1. The number of amides is 1. The highest BCUT2D eigenvalue weighted by Crippen LogP contribution is 2.38. The first-order valence-corrected chi connectivity index (χ1v) is 15.4. The second-order valence-corrected chi connectivity index (χ2v) is 11.8. The molecular formula is C31H32F2N6O3S. The summed E-state index contributed by atoms with van der Waals surface area (Å²) in [5, 5.41) is 7.80. The van der Waals surface area contributed by atoms with Gasteiger partial charge in [-0.3, -0.25) is 14.5 Å². The standard InChI is InChI=1S/C31H32F2N6O3S/c1-19(40)42-25-5-3-4-20(10-25)16-37-9-8-24(18-37)35-31(41)28-15-34-29-6-7-30(36-39(28)29)38-17-23(33)14-27(38)21-11-22(32)13-26(12-21)43-2/h3-7,10-13,15,23-24,27H,8-9,14,16-18H2,1-2H3,(H,35,41). The van der Waals surface area contributed by atoms with Crippen LogP contribution in [0.2, 0.25) is 0 Å². The van der Waals surface area contributed by atoms with Crippen LogP contribution in [-0.4, -0.2) is 69.5 Å². The minimum absolute atomic E-state index is 0.0632. The van der Waals surface area contributed by atoms with Crippen LogP contribution >= 0.6 is 11.8 Å². The Morgan fingerprint density at radius 3 is 2.81 bits per heavy atom. The molecule has 0 bridgehead atoms. The Bertz CT molecular complexity index is 1670. The number of imidazole rings is 1. The predicted octanol–water partition coefficient (Wildman–Crippen LogP) is 4.81. The van der Waals surface area contributed by atoms with E-state index >= 15 is 0 Å². The average Bonchev–Trinajstić information content (AvgIpc) is 3.70. The second-order valence-electron chi connectivity index (χ2n) is 11.0. The van der Waals surface area contributed by atoms with Crippen molar-refractivity contribution >= 4 is 35.1 Å². The van der Waals surface area contributed by atoms with Gasteiger partial charge in [-0.25, -0.2) is 18.3 Å². The molecule has 0 radical (unpaired) electrons. The molecule has 3 unspecified atom stereocenters. The SMILES string of the molecule is CSc1cc(F)cc(C2CC(F)CN2c2ccc3ncc(C(=O)NC4CCN(Cc5cccc(OC(C)=O)c5)C4)n3n2)c1. The van der Waals surface area contributed by atoms with E-state index in [-0.39, 0.29) is 48.4 Å². The van der Waals surface area contributed by atoms with Crippen LogP contribution in [0.1, 0.15) is 47.4 Å². The fourth-order valence-corrected chi connectivity index (χ4v) is 6.39. The minimum Gasteiger partial charge on any atom is -0.427 e. The van der Waals surface area contributed by atoms with Crippen molar-refractivity contribution in [1.82, 2.24) is 24.8 Å². The van der Waals surface area contributed by atoms with Gasteiger partial charge in [0, 0.05) is 43.9 Å². The molecule has 224 valence electrons. The van der Waals surface area contributed by atoms with Gasteiger partial charge in [-0.05, 0) is 66.3 Å². The zero-order valence-electron chi connectivity index (χ0n) is 23.9. The Morgan fingerprint density at radius 2 is 2.00 bits per heavy atom. The molecule has 2 fully saturated rings. The van der Waals surface area contributed by atoms with E-state index in [4.69, 9.17) is 9.84 Å². The number of halogens is 2. The van der Waals surface area contributed by atoms with Gasteiger partial charge in [0.1, 0.15) is 23.6 Å². The molecule has 2 aromatic heterocycles. The van der Waals surface area contributed by atoms with Crippen LogP contribution in [0.4, 0.5) is 14.6 Å². The highest BCUT2D eigenvalue weighted by Gasteiger charge is 2.35. The van der Waals surface area contributed by atoms with Gasteiger partial charge in [0.15, 0.2) is 11.3 Å². The molecule has 43 heavy (non-hydrogen) atoms. The summed E-state index contributed by atoms with van der Waals surface area (Å²) in [4.78, 5) is 33.8. The van der Waals surface area contributed by atoms with Crippen molar-refractivity contribution in [2.24, 2.45) is 0 Å². The van der Waals surface area contributed by atoms with E-state index in [1.54, 1.807) is 18.2 Å². The van der Waals surface area contributed by atoms with Crippen molar-refractivity contribution in [2.75, 3.05) is 30.8 Å². The van der Waals surface area contributed by atoms with Gasteiger partial charge < -0.3 is 15.0 Å². The molecule has 4 aromatic rings. The van der Waals surface area contributed by atoms with Crippen molar-refractivity contribution in [2.45, 2.75) is 49.5 Å². The summed E-state index contributed by atoms with van der Waals surface area (Å²) in [6.45, 7) is 3.62. The van der Waals surface area contributed by atoms with Crippen LogP contribution in [0.15, 0.2) is 65.7 Å². The molecule has 9 nitrogen and oxygen atoms in total. The summed E-state index contributed by atoms with van der Waals surface area (Å²) in [5.41, 5.74) is 2.49. The number of likely N-dealkylation sites (tertiary alicyclic amines) is 1. The first kappa shape index (κ1) is 29.1. The van der Waals surface area contributed by atoms with Crippen molar-refractivity contribution in [3.63, 3.8) is 0 Å². The number of ether oxygens (including phenoxy) is 1. The van der Waals surface area contributed by atoms with Gasteiger partial charge in [-0.15, -0.1) is 16.9 Å². The summed E-state index contributed by atoms with van der Waals surface area (Å²) in [6, 6.07) is 15.3. The second kappa shape index (κ2) is 12.3. The van der Waals surface area contributed by atoms with E-state index in [1.807, 2.05) is 35.4 Å². The maximum absolute atomic E-state index is 14.7. The smallest absolute Gasteiger partial charge is 0.308 e. The van der Waals surface area contributed by atoms with E-state index in [0.717, 1.165) is 23.4 Å². The van der Waals surface area contributed by atoms with E-state index in [2.05, 4.69) is 15.2 Å². The molecule has 2 aliphatic rings. The highest BCUT2D eigenvalue weighted by atomic mass is 32.2. The van der Waals surface area contributed by atoms with Crippen molar-refractivity contribution in [3.05, 3.63) is 83.4 Å². The van der Waals surface area contributed by atoms with Crippen molar-refractivity contribution in [1.29, 1.82) is 0 Å². The monoisotopic (exact) mass is 606 g/mol. The number of nitrogens with zero attached hydrogens (tertiary/aromatic N) is 5. The molecule has 0 aliphatic carbocycles. The molecule has 6 rings (SSSR count). The molecule has 3 atom stereocenters. The maximum Gasteiger partial charge on any atom is 0.308 e. The summed E-state index contributed by atoms with van der Waals surface area (Å²) < 4.78 is 35.8. The lowest BCUT2D eigenvalue weighted by Gasteiger charge is -2.26. The number of nitrogens with one attached hydrogen (secondary N) is 1. The zero-order chi connectivity index (χ0) is 30.1. The summed E-state index contributed by atoms with van der Waals surface area (Å²) in [5.74, 6) is -0.0172. The topological polar surface area (TPSA) is 92.1 Å². The van der Waals surface area contributed by atoms with E-state index in [1.165, 1.54) is 41.5 Å². The molecule has 12 heteroatoms. The number of carbonyl (C=O) groups excluding carboxylic acids is 2. The third-order valence-electron chi connectivity index (χ3n) is 7.81. The number of hydrogen-bond donors (Lipinski definition) is 1. The summed E-state index contributed by atoms with van der Waals surface area (Å²) >= 11 is 1.43. The van der Waals surface area contributed by atoms with Crippen LogP contribution in [0, 0.1) is 5.82 Å². The number of carbonyl (C=O) groups is 2. The lowest BCUT2D eigenvalue weighted by Crippen LogP contribution is -2.37. The molecule has 2 aromatic carbocycles. The third-order valence-corrected chi connectivity index (χ3v) is 8.52. The molecule has 1 amide bonds. The van der Waals surface area contributed by atoms with Gasteiger partial charge in [-0.2, -0.15) is 0 Å². The van der Waals surface area contributed by atoms with Crippen LogP contribution in [0.5, 0.6) is 5.75 Å². The lowest BCUT2D eigenvalue weighted by atomic mass is 10.0. The molecule has 2 aliphatic heterocycles. The summed E-state index contributed by atoms with van der Waals surface area (Å²) in [7, 11) is 0. The number of anilines is 1. The number of hydrogen-bond acceptors (Lipinski definition) is 8. The average molecular weight is 607 g/mol. The van der Waals surface area contributed by atoms with E-state index in [0.29, 0.717) is 35.9 Å². The largest absolute Gasteiger partial charge is 0.427 e. The molecule has 2 saturated heterocycles. The van der Waals surface area contributed by atoms with Gasteiger partial charge in [0.2, 0.25) is 0 Å². The van der Waals surface area contributed by atoms with E-state index < -0.39 is 6.17 Å². The minimum atomic E-state index is -1.09. The van der Waals surface area contributed by atoms with Crippen molar-refractivity contribution < 1.29 is 23.1 Å². The van der Waals surface area contributed by atoms with Crippen LogP contribution in [0.25, 0.3) is 5.65 Å². The molecule has 0 saturated carbocycles. The molecule has 4 heterocycles. The third kappa shape index (κ3) is 6.50. The van der Waals surface area contributed by atoms with Crippen LogP contribution in [-0.2, 0) is 11.3 Å². The van der Waals surface area contributed by atoms with Gasteiger partial charge >= 0.3 is 5.97 Å². The Morgan fingerprint density at radius 1 is 1.14 bits per heavy atom. The Balaban J connectivity index is 1.15. The molecule has 1 N–H and O–H groups in total. The van der Waals surface area contributed by atoms with Crippen molar-refractivity contribution in [3.8, 4) is 5.75 Å². The molecule has 0 spiro atoms. The first-order valence-electron chi connectivity index (χ1n) is 14.2. The van der Waals surface area contributed by atoms with Gasteiger partial charge in [-0.1, -0.05) is 12.1 Å². The molecular weight excluding hydrogens is 574 g/mol. The Labute approximate surface area is 252 Å². The quantitative estimate of drug-likeness (QED) is 0.174.